The largest absolute Gasteiger partial charge is 0.336 e. The Morgan fingerprint density at radius 1 is 1.03 bits per heavy atom. The van der Waals surface area contributed by atoms with Crippen molar-refractivity contribution in [3.63, 3.8) is 0 Å². The average molecular weight is 405 g/mol. The summed E-state index contributed by atoms with van der Waals surface area (Å²) in [6, 6.07) is 16.7. The fourth-order valence-electron chi connectivity index (χ4n) is 4.14. The van der Waals surface area contributed by atoms with Crippen LogP contribution in [0.4, 0.5) is 4.79 Å². The highest BCUT2D eigenvalue weighted by Crippen LogP contribution is 2.31. The van der Waals surface area contributed by atoms with E-state index < -0.39 is 11.6 Å². The van der Waals surface area contributed by atoms with Crippen molar-refractivity contribution in [1.82, 2.24) is 15.1 Å². The number of urea groups is 1. The zero-order valence-electron chi connectivity index (χ0n) is 17.6. The van der Waals surface area contributed by atoms with Gasteiger partial charge >= 0.3 is 6.03 Å². The fourth-order valence-corrected chi connectivity index (χ4v) is 4.14. The second-order valence-corrected chi connectivity index (χ2v) is 9.19. The highest BCUT2D eigenvalue weighted by atomic mass is 16.2. The molecule has 2 heterocycles. The molecular formula is C24H27N3O3. The third-order valence-electron chi connectivity index (χ3n) is 5.98. The Hall–Kier alpha value is -3.15. The summed E-state index contributed by atoms with van der Waals surface area (Å²) in [6.45, 7) is 7.25. The van der Waals surface area contributed by atoms with Gasteiger partial charge in [0.2, 0.25) is 0 Å². The van der Waals surface area contributed by atoms with Gasteiger partial charge in [0.05, 0.1) is 13.1 Å². The van der Waals surface area contributed by atoms with Crippen LogP contribution < -0.4 is 5.32 Å². The van der Waals surface area contributed by atoms with Crippen LogP contribution in [0.25, 0.3) is 0 Å². The van der Waals surface area contributed by atoms with E-state index in [-0.39, 0.29) is 30.3 Å². The molecule has 0 aliphatic carbocycles. The predicted molar refractivity (Wildman–Crippen MR) is 114 cm³/mol. The summed E-state index contributed by atoms with van der Waals surface area (Å²) in [6.07, 6.45) is 0.425. The van der Waals surface area contributed by atoms with E-state index in [2.05, 4.69) is 26.1 Å². The molecule has 2 aromatic rings. The third kappa shape index (κ3) is 3.58. The van der Waals surface area contributed by atoms with Crippen molar-refractivity contribution < 1.29 is 14.4 Å². The van der Waals surface area contributed by atoms with Crippen LogP contribution in [0.3, 0.4) is 0 Å². The quantitative estimate of drug-likeness (QED) is 0.797. The first-order valence-electron chi connectivity index (χ1n) is 10.3. The Kier molecular flexibility index (Phi) is 4.88. The number of nitrogens with zero attached hydrogens (tertiary/aromatic N) is 2. The maximum atomic E-state index is 13.1. The molecule has 6 nitrogen and oxygen atoms in total. The minimum absolute atomic E-state index is 0.0159. The number of hydrogen-bond donors (Lipinski definition) is 1. The summed E-state index contributed by atoms with van der Waals surface area (Å²) < 4.78 is 0. The number of benzene rings is 2. The second-order valence-electron chi connectivity index (χ2n) is 9.19. The van der Waals surface area contributed by atoms with E-state index in [1.54, 1.807) is 4.90 Å². The molecule has 2 aromatic carbocycles. The summed E-state index contributed by atoms with van der Waals surface area (Å²) >= 11 is 0. The van der Waals surface area contributed by atoms with Crippen molar-refractivity contribution >= 4 is 17.8 Å². The van der Waals surface area contributed by atoms with Crippen molar-refractivity contribution in [3.05, 3.63) is 71.3 Å². The van der Waals surface area contributed by atoms with Gasteiger partial charge in [-0.05, 0) is 35.1 Å². The molecule has 1 spiro atoms. The van der Waals surface area contributed by atoms with Gasteiger partial charge in [0.25, 0.3) is 11.8 Å². The van der Waals surface area contributed by atoms with Gasteiger partial charge in [0.15, 0.2) is 0 Å². The van der Waals surface area contributed by atoms with Gasteiger partial charge in [-0.25, -0.2) is 4.79 Å². The Morgan fingerprint density at radius 3 is 2.33 bits per heavy atom. The Balaban J connectivity index is 1.47. The summed E-state index contributed by atoms with van der Waals surface area (Å²) in [5, 5.41) is 2.86. The highest BCUT2D eigenvalue weighted by Gasteiger charge is 2.55. The molecule has 0 saturated carbocycles. The average Bonchev–Trinajstić information content (AvgIpc) is 3.25. The van der Waals surface area contributed by atoms with Crippen LogP contribution in [0.1, 0.15) is 48.7 Å². The van der Waals surface area contributed by atoms with E-state index in [0.29, 0.717) is 18.5 Å². The summed E-state index contributed by atoms with van der Waals surface area (Å²) in [5.74, 6) is -0.370. The van der Waals surface area contributed by atoms with Gasteiger partial charge in [0.1, 0.15) is 5.54 Å². The molecule has 1 atom stereocenters. The third-order valence-corrected chi connectivity index (χ3v) is 5.98. The van der Waals surface area contributed by atoms with E-state index >= 15 is 0 Å². The summed E-state index contributed by atoms with van der Waals surface area (Å²) in [4.78, 5) is 41.5. The number of carbonyl (C=O) groups excluding carboxylic acids is 3. The van der Waals surface area contributed by atoms with Gasteiger partial charge in [-0.3, -0.25) is 14.5 Å². The summed E-state index contributed by atoms with van der Waals surface area (Å²) in [5.41, 5.74) is 1.64. The van der Waals surface area contributed by atoms with Crippen molar-refractivity contribution in [2.75, 3.05) is 13.1 Å². The zero-order chi connectivity index (χ0) is 21.5. The first kappa shape index (κ1) is 20.1. The number of rotatable bonds is 3. The molecule has 1 N–H and O–H groups in total. The lowest BCUT2D eigenvalue weighted by Crippen LogP contribution is -2.49. The van der Waals surface area contributed by atoms with E-state index in [4.69, 9.17) is 0 Å². The van der Waals surface area contributed by atoms with Crippen LogP contribution in [0, 0.1) is 0 Å². The molecule has 0 bridgehead atoms. The molecule has 30 heavy (non-hydrogen) atoms. The van der Waals surface area contributed by atoms with Gasteiger partial charge in [-0.15, -0.1) is 0 Å². The number of nitrogens with one attached hydrogen (secondary N) is 1. The second kappa shape index (κ2) is 7.27. The molecule has 2 aliphatic heterocycles. The van der Waals surface area contributed by atoms with Crippen LogP contribution >= 0.6 is 0 Å². The van der Waals surface area contributed by atoms with E-state index in [1.165, 1.54) is 4.90 Å². The lowest BCUT2D eigenvalue weighted by atomic mass is 9.86. The van der Waals surface area contributed by atoms with Crippen molar-refractivity contribution in [2.24, 2.45) is 0 Å². The fraction of sp³-hybridized carbons (Fsp3) is 0.375. The van der Waals surface area contributed by atoms with Gasteiger partial charge in [-0.1, -0.05) is 63.2 Å². The van der Waals surface area contributed by atoms with Crippen LogP contribution in [-0.2, 0) is 16.8 Å². The summed E-state index contributed by atoms with van der Waals surface area (Å²) in [7, 11) is 0. The molecule has 0 unspecified atom stereocenters. The maximum Gasteiger partial charge on any atom is 0.325 e. The number of amides is 4. The SMILES string of the molecule is CC(C)(C)c1ccc(C(=O)N2CC[C@]3(C2)NC(=O)N(Cc2ccccc2)C3=O)cc1. The van der Waals surface area contributed by atoms with Crippen LogP contribution in [0.2, 0.25) is 0 Å². The van der Waals surface area contributed by atoms with Gasteiger partial charge in [-0.2, -0.15) is 0 Å². The van der Waals surface area contributed by atoms with Crippen LogP contribution in [-0.4, -0.2) is 46.3 Å². The minimum Gasteiger partial charge on any atom is -0.336 e. The van der Waals surface area contributed by atoms with Crippen molar-refractivity contribution in [2.45, 2.75) is 44.7 Å². The van der Waals surface area contributed by atoms with Gasteiger partial charge in [0, 0.05) is 12.1 Å². The first-order chi connectivity index (χ1) is 14.2. The standard InChI is InChI=1S/C24H27N3O3/c1-23(2,3)19-11-9-18(10-12-19)20(28)26-14-13-24(16-26)21(29)27(22(30)25-24)15-17-7-5-4-6-8-17/h4-12H,13-16H2,1-3H3,(H,25,30)/t24-/m1/s1. The molecule has 4 amide bonds. The predicted octanol–water partition coefficient (Wildman–Crippen LogP) is 3.32. The number of imide groups is 1. The monoisotopic (exact) mass is 405 g/mol. The molecule has 156 valence electrons. The molecule has 4 rings (SSSR count). The normalized spacial score (nSPS) is 21.4. The molecule has 0 radical (unpaired) electrons. The van der Waals surface area contributed by atoms with E-state index in [1.807, 2.05) is 54.6 Å². The molecule has 0 aromatic heterocycles. The van der Waals surface area contributed by atoms with Crippen LogP contribution in [0.5, 0.6) is 0 Å². The lowest BCUT2D eigenvalue weighted by molar-refractivity contribution is -0.131. The lowest BCUT2D eigenvalue weighted by Gasteiger charge is -2.23. The Morgan fingerprint density at radius 2 is 1.70 bits per heavy atom. The van der Waals surface area contributed by atoms with Crippen LogP contribution in [0.15, 0.2) is 54.6 Å². The molecule has 2 saturated heterocycles. The molecule has 2 fully saturated rings. The Bertz CT molecular complexity index is 979. The van der Waals surface area contributed by atoms with E-state index in [9.17, 15) is 14.4 Å². The smallest absolute Gasteiger partial charge is 0.325 e. The maximum absolute atomic E-state index is 13.1. The first-order valence-corrected chi connectivity index (χ1v) is 10.3. The van der Waals surface area contributed by atoms with E-state index in [0.717, 1.165) is 11.1 Å². The zero-order valence-corrected chi connectivity index (χ0v) is 17.6. The number of likely N-dealkylation sites (tertiary alicyclic amines) is 1. The Labute approximate surface area is 176 Å². The highest BCUT2D eigenvalue weighted by molar-refractivity contribution is 6.08. The molecular weight excluding hydrogens is 378 g/mol. The number of hydrogen-bond acceptors (Lipinski definition) is 3. The minimum atomic E-state index is -1.02. The number of carbonyl (C=O) groups is 3. The van der Waals surface area contributed by atoms with Crippen molar-refractivity contribution in [1.29, 1.82) is 0 Å². The topological polar surface area (TPSA) is 69.7 Å². The molecule has 6 heteroatoms. The van der Waals surface area contributed by atoms with Gasteiger partial charge < -0.3 is 10.2 Å². The van der Waals surface area contributed by atoms with Crippen molar-refractivity contribution in [3.8, 4) is 0 Å². The molecule has 2 aliphatic rings.